The van der Waals surface area contributed by atoms with Crippen LogP contribution in [0, 0.1) is 6.92 Å². The lowest BCUT2D eigenvalue weighted by Gasteiger charge is -2.34. The van der Waals surface area contributed by atoms with E-state index in [1.165, 1.54) is 0 Å². The molecule has 1 aromatic rings. The molecule has 0 saturated carbocycles. The predicted octanol–water partition coefficient (Wildman–Crippen LogP) is 3.21. The number of ether oxygens (including phenoxy) is 1. The summed E-state index contributed by atoms with van der Waals surface area (Å²) < 4.78 is 5.09. The van der Waals surface area contributed by atoms with Gasteiger partial charge < -0.3 is 9.64 Å². The molecule has 1 atom stereocenters. The molecule has 0 N–H and O–H groups in total. The van der Waals surface area contributed by atoms with Gasteiger partial charge in [0.1, 0.15) is 6.04 Å². The Morgan fingerprint density at radius 2 is 2.14 bits per heavy atom. The van der Waals surface area contributed by atoms with Crippen LogP contribution in [-0.4, -0.2) is 36.0 Å². The lowest BCUT2D eigenvalue weighted by molar-refractivity contribution is -0.149. The van der Waals surface area contributed by atoms with E-state index in [1.54, 1.807) is 24.0 Å². The van der Waals surface area contributed by atoms with Gasteiger partial charge in [0.2, 0.25) is 0 Å². The van der Waals surface area contributed by atoms with Gasteiger partial charge in [0.15, 0.2) is 0 Å². The van der Waals surface area contributed by atoms with Crippen molar-refractivity contribution in [2.45, 2.75) is 39.2 Å². The van der Waals surface area contributed by atoms with Crippen molar-refractivity contribution in [2.24, 2.45) is 0 Å². The van der Waals surface area contributed by atoms with Crippen molar-refractivity contribution in [1.29, 1.82) is 0 Å². The van der Waals surface area contributed by atoms with Crippen molar-refractivity contribution >= 4 is 23.5 Å². The lowest BCUT2D eigenvalue weighted by atomic mass is 9.99. The number of amides is 1. The number of piperidine rings is 1. The summed E-state index contributed by atoms with van der Waals surface area (Å²) in [6, 6.07) is 4.76. The summed E-state index contributed by atoms with van der Waals surface area (Å²) in [6.45, 7) is 4.54. The SMILES string of the molecule is CCOC(=O)C1CCCCN1C(=O)c1cc(Cl)ccc1C. The van der Waals surface area contributed by atoms with Gasteiger partial charge in [-0.3, -0.25) is 4.79 Å². The van der Waals surface area contributed by atoms with Gasteiger partial charge in [-0.25, -0.2) is 4.79 Å². The Balaban J connectivity index is 2.26. The third-order valence-corrected chi connectivity index (χ3v) is 3.99. The highest BCUT2D eigenvalue weighted by atomic mass is 35.5. The average molecular weight is 310 g/mol. The molecule has 0 aromatic heterocycles. The molecule has 0 spiro atoms. The van der Waals surface area contributed by atoms with Crippen LogP contribution in [0.3, 0.4) is 0 Å². The largest absolute Gasteiger partial charge is 0.464 e. The molecule has 4 nitrogen and oxygen atoms in total. The van der Waals surface area contributed by atoms with E-state index >= 15 is 0 Å². The summed E-state index contributed by atoms with van der Waals surface area (Å²) in [5.41, 5.74) is 1.41. The second-order valence-corrected chi connectivity index (χ2v) is 5.66. The number of nitrogens with zero attached hydrogens (tertiary/aromatic N) is 1. The number of hydrogen-bond donors (Lipinski definition) is 0. The standard InChI is InChI=1S/C16H20ClNO3/c1-3-21-16(20)14-6-4-5-9-18(14)15(19)13-10-12(17)8-7-11(13)2/h7-8,10,14H,3-6,9H2,1-2H3. The molecule has 5 heteroatoms. The second kappa shape index (κ2) is 6.94. The highest BCUT2D eigenvalue weighted by molar-refractivity contribution is 6.31. The van der Waals surface area contributed by atoms with Gasteiger partial charge in [-0.2, -0.15) is 0 Å². The Morgan fingerprint density at radius 1 is 1.38 bits per heavy atom. The number of esters is 1. The van der Waals surface area contributed by atoms with E-state index in [-0.39, 0.29) is 11.9 Å². The van der Waals surface area contributed by atoms with Gasteiger partial charge in [0.05, 0.1) is 6.61 Å². The van der Waals surface area contributed by atoms with Crippen LogP contribution in [-0.2, 0) is 9.53 Å². The molecular weight excluding hydrogens is 290 g/mol. The molecule has 2 rings (SSSR count). The molecule has 1 unspecified atom stereocenters. The number of likely N-dealkylation sites (tertiary alicyclic amines) is 1. The Kier molecular flexibility index (Phi) is 5.23. The Labute approximate surface area is 130 Å². The first-order valence-corrected chi connectivity index (χ1v) is 7.66. The molecule has 1 amide bonds. The first-order valence-electron chi connectivity index (χ1n) is 7.28. The van der Waals surface area contributed by atoms with Crippen LogP contribution in [0.15, 0.2) is 18.2 Å². The van der Waals surface area contributed by atoms with Crippen molar-refractivity contribution in [2.75, 3.05) is 13.2 Å². The minimum atomic E-state index is -0.482. The molecule has 21 heavy (non-hydrogen) atoms. The molecule has 0 aliphatic carbocycles. The lowest BCUT2D eigenvalue weighted by Crippen LogP contribution is -2.48. The summed E-state index contributed by atoms with van der Waals surface area (Å²) in [4.78, 5) is 26.4. The Morgan fingerprint density at radius 3 is 2.86 bits per heavy atom. The van der Waals surface area contributed by atoms with Gasteiger partial charge in [-0.15, -0.1) is 0 Å². The Bertz CT molecular complexity index is 544. The van der Waals surface area contributed by atoms with E-state index in [4.69, 9.17) is 16.3 Å². The van der Waals surface area contributed by atoms with Gasteiger partial charge in [-0.05, 0) is 50.8 Å². The molecule has 1 fully saturated rings. The van der Waals surface area contributed by atoms with Crippen LogP contribution in [0.4, 0.5) is 0 Å². The van der Waals surface area contributed by atoms with Crippen LogP contribution >= 0.6 is 11.6 Å². The van der Waals surface area contributed by atoms with Crippen molar-refractivity contribution in [1.82, 2.24) is 4.90 Å². The van der Waals surface area contributed by atoms with Gasteiger partial charge in [0, 0.05) is 17.1 Å². The van der Waals surface area contributed by atoms with E-state index in [0.717, 1.165) is 18.4 Å². The van der Waals surface area contributed by atoms with E-state index in [1.807, 2.05) is 13.0 Å². The molecule has 1 heterocycles. The fraction of sp³-hybridized carbons (Fsp3) is 0.500. The summed E-state index contributed by atoms with van der Waals surface area (Å²) >= 11 is 5.99. The van der Waals surface area contributed by atoms with Gasteiger partial charge in [-0.1, -0.05) is 17.7 Å². The van der Waals surface area contributed by atoms with Crippen LogP contribution in [0.2, 0.25) is 5.02 Å². The molecule has 1 aliphatic rings. The zero-order chi connectivity index (χ0) is 15.4. The fourth-order valence-corrected chi connectivity index (χ4v) is 2.81. The number of carbonyl (C=O) groups is 2. The summed E-state index contributed by atoms with van der Waals surface area (Å²) in [5.74, 6) is -0.460. The molecule has 1 saturated heterocycles. The predicted molar refractivity (Wildman–Crippen MR) is 81.5 cm³/mol. The first kappa shape index (κ1) is 15.8. The maximum atomic E-state index is 12.8. The monoisotopic (exact) mass is 309 g/mol. The van der Waals surface area contributed by atoms with E-state index in [2.05, 4.69) is 0 Å². The quantitative estimate of drug-likeness (QED) is 0.806. The maximum Gasteiger partial charge on any atom is 0.328 e. The van der Waals surface area contributed by atoms with Crippen LogP contribution < -0.4 is 0 Å². The first-order chi connectivity index (χ1) is 10.0. The van der Waals surface area contributed by atoms with Crippen molar-refractivity contribution in [3.05, 3.63) is 34.3 Å². The summed E-state index contributed by atoms with van der Waals surface area (Å²) in [7, 11) is 0. The number of rotatable bonds is 3. The number of aryl methyl sites for hydroxylation is 1. The number of benzene rings is 1. The summed E-state index contributed by atoms with van der Waals surface area (Å²) in [5, 5.41) is 0.522. The molecular formula is C16H20ClNO3. The van der Waals surface area contributed by atoms with Crippen molar-refractivity contribution in [3.63, 3.8) is 0 Å². The van der Waals surface area contributed by atoms with Gasteiger partial charge >= 0.3 is 5.97 Å². The van der Waals surface area contributed by atoms with Gasteiger partial charge in [0.25, 0.3) is 5.91 Å². The maximum absolute atomic E-state index is 12.8. The third kappa shape index (κ3) is 3.56. The van der Waals surface area contributed by atoms with E-state index < -0.39 is 6.04 Å². The average Bonchev–Trinajstić information content (AvgIpc) is 2.49. The van der Waals surface area contributed by atoms with E-state index in [0.29, 0.717) is 30.2 Å². The molecule has 1 aliphatic heterocycles. The van der Waals surface area contributed by atoms with Crippen molar-refractivity contribution in [3.8, 4) is 0 Å². The zero-order valence-electron chi connectivity index (χ0n) is 12.4. The molecule has 1 aromatic carbocycles. The highest BCUT2D eigenvalue weighted by Crippen LogP contribution is 2.23. The second-order valence-electron chi connectivity index (χ2n) is 5.22. The van der Waals surface area contributed by atoms with Crippen LogP contribution in [0.5, 0.6) is 0 Å². The smallest absolute Gasteiger partial charge is 0.328 e. The minimum absolute atomic E-state index is 0.146. The normalized spacial score (nSPS) is 18.4. The third-order valence-electron chi connectivity index (χ3n) is 3.75. The highest BCUT2D eigenvalue weighted by Gasteiger charge is 2.34. The van der Waals surface area contributed by atoms with Crippen LogP contribution in [0.1, 0.15) is 42.1 Å². The number of carbonyl (C=O) groups excluding carboxylic acids is 2. The minimum Gasteiger partial charge on any atom is -0.464 e. The topological polar surface area (TPSA) is 46.6 Å². The van der Waals surface area contributed by atoms with E-state index in [9.17, 15) is 9.59 Å². The number of halogens is 1. The zero-order valence-corrected chi connectivity index (χ0v) is 13.2. The number of hydrogen-bond acceptors (Lipinski definition) is 3. The Hall–Kier alpha value is -1.55. The van der Waals surface area contributed by atoms with Crippen molar-refractivity contribution < 1.29 is 14.3 Å². The fourth-order valence-electron chi connectivity index (χ4n) is 2.64. The molecule has 0 radical (unpaired) electrons. The molecule has 114 valence electrons. The summed E-state index contributed by atoms with van der Waals surface area (Å²) in [6.07, 6.45) is 2.49. The van der Waals surface area contributed by atoms with Crippen LogP contribution in [0.25, 0.3) is 0 Å². The molecule has 0 bridgehead atoms.